The molecule has 6 rings (SSSR count). The monoisotopic (exact) mass is 566 g/mol. The van der Waals surface area contributed by atoms with Gasteiger partial charge in [-0.15, -0.1) is 11.3 Å². The molecule has 1 aromatic heterocycles. The molecule has 0 saturated carbocycles. The molecule has 11 heteroatoms. The first-order valence-corrected chi connectivity index (χ1v) is 14.8. The van der Waals surface area contributed by atoms with Crippen molar-refractivity contribution >= 4 is 37.5 Å². The van der Waals surface area contributed by atoms with Gasteiger partial charge in [0.15, 0.2) is 11.5 Å². The van der Waals surface area contributed by atoms with E-state index in [9.17, 15) is 13.2 Å². The minimum absolute atomic E-state index is 0.0149. The number of hydrogen-bond donors (Lipinski definition) is 0. The lowest BCUT2D eigenvalue weighted by Gasteiger charge is -2.21. The smallest absolute Gasteiger partial charge is 0.339 e. The lowest BCUT2D eigenvalue weighted by atomic mass is 10.1. The van der Waals surface area contributed by atoms with E-state index in [1.165, 1.54) is 23.5 Å². The highest BCUT2D eigenvalue weighted by Gasteiger charge is 2.33. The molecule has 202 valence electrons. The number of para-hydroxylation sites is 1. The summed E-state index contributed by atoms with van der Waals surface area (Å²) in [7, 11) is -2.84. The lowest BCUT2D eigenvalue weighted by Crippen LogP contribution is -2.33. The average Bonchev–Trinajstić information content (AvgIpc) is 3.57. The Hall–Kier alpha value is -3.51. The molecule has 1 fully saturated rings. The summed E-state index contributed by atoms with van der Waals surface area (Å²) in [5.74, 6) is 0.324. The first kappa shape index (κ1) is 25.8. The van der Waals surface area contributed by atoms with Crippen molar-refractivity contribution in [2.24, 2.45) is 0 Å². The van der Waals surface area contributed by atoms with Gasteiger partial charge in [0, 0.05) is 30.6 Å². The van der Waals surface area contributed by atoms with Gasteiger partial charge < -0.3 is 18.9 Å². The van der Waals surface area contributed by atoms with Crippen molar-refractivity contribution in [2.45, 2.75) is 24.0 Å². The second-order valence-corrected chi connectivity index (χ2v) is 12.2. The Morgan fingerprint density at radius 1 is 1.10 bits per heavy atom. The summed E-state index contributed by atoms with van der Waals surface area (Å²) >= 11 is 1.55. The van der Waals surface area contributed by atoms with Crippen molar-refractivity contribution in [1.29, 1.82) is 0 Å². The Morgan fingerprint density at radius 2 is 1.92 bits per heavy atom. The van der Waals surface area contributed by atoms with Crippen LogP contribution in [0.2, 0.25) is 0 Å². The van der Waals surface area contributed by atoms with E-state index in [1.54, 1.807) is 23.5 Å². The zero-order chi connectivity index (χ0) is 27.0. The Kier molecular flexibility index (Phi) is 6.98. The maximum absolute atomic E-state index is 13.8. The zero-order valence-electron chi connectivity index (χ0n) is 21.2. The predicted molar refractivity (Wildman–Crippen MR) is 146 cm³/mol. The average molecular weight is 567 g/mol. The molecule has 1 unspecified atom stereocenters. The molecule has 4 aromatic rings. The summed E-state index contributed by atoms with van der Waals surface area (Å²) in [4.78, 5) is 17.0. The summed E-state index contributed by atoms with van der Waals surface area (Å²) in [6, 6.07) is 17.8. The number of methoxy groups -OCH3 is 1. The zero-order valence-corrected chi connectivity index (χ0v) is 22.8. The largest absolute Gasteiger partial charge is 0.488 e. The Morgan fingerprint density at radius 3 is 2.72 bits per heavy atom. The molecule has 1 atom stereocenters. The third-order valence-corrected chi connectivity index (χ3v) is 9.69. The molecule has 0 bridgehead atoms. The number of fused-ring (bicyclic) bond motifs is 2. The number of carbonyl (C=O) groups is 1. The Bertz CT molecular complexity index is 1610. The van der Waals surface area contributed by atoms with E-state index < -0.39 is 16.0 Å². The fourth-order valence-corrected chi connectivity index (χ4v) is 7.30. The highest BCUT2D eigenvalue weighted by atomic mass is 32.2. The molecule has 0 aliphatic carbocycles. The van der Waals surface area contributed by atoms with Crippen LogP contribution in [0.5, 0.6) is 11.5 Å². The van der Waals surface area contributed by atoms with Crippen molar-refractivity contribution in [3.05, 3.63) is 71.8 Å². The van der Waals surface area contributed by atoms with Crippen molar-refractivity contribution in [2.75, 3.05) is 33.5 Å². The van der Waals surface area contributed by atoms with Crippen molar-refractivity contribution < 1.29 is 32.2 Å². The molecule has 1 saturated heterocycles. The van der Waals surface area contributed by atoms with Gasteiger partial charge in [-0.3, -0.25) is 0 Å². The van der Waals surface area contributed by atoms with Gasteiger partial charge in [-0.1, -0.05) is 24.3 Å². The first-order chi connectivity index (χ1) is 18.9. The van der Waals surface area contributed by atoms with Crippen LogP contribution in [0.15, 0.2) is 65.6 Å². The van der Waals surface area contributed by atoms with E-state index >= 15 is 0 Å². The van der Waals surface area contributed by atoms with Gasteiger partial charge in [0.2, 0.25) is 10.0 Å². The molecule has 2 aliphatic heterocycles. The van der Waals surface area contributed by atoms with Gasteiger partial charge in [-0.05, 0) is 36.4 Å². The Balaban J connectivity index is 1.43. The summed E-state index contributed by atoms with van der Waals surface area (Å²) < 4.78 is 52.8. The van der Waals surface area contributed by atoms with Crippen LogP contribution in [0, 0.1) is 0 Å². The molecule has 0 amide bonds. The van der Waals surface area contributed by atoms with E-state index in [0.717, 1.165) is 27.2 Å². The Labute approximate surface area is 229 Å². The lowest BCUT2D eigenvalue weighted by molar-refractivity contribution is 0.0596. The minimum atomic E-state index is -4.07. The maximum atomic E-state index is 13.8. The van der Waals surface area contributed by atoms with E-state index in [4.69, 9.17) is 23.9 Å². The molecular weight excluding hydrogens is 540 g/mol. The number of rotatable bonds is 6. The molecule has 0 N–H and O–H groups in total. The summed E-state index contributed by atoms with van der Waals surface area (Å²) in [6.07, 6.45) is 0.628. The minimum Gasteiger partial charge on any atom is -0.488 e. The van der Waals surface area contributed by atoms with Crippen LogP contribution in [-0.2, 0) is 26.0 Å². The molecular formula is C28H26N2O7S2. The molecule has 39 heavy (non-hydrogen) atoms. The highest BCUT2D eigenvalue weighted by molar-refractivity contribution is 7.89. The van der Waals surface area contributed by atoms with Gasteiger partial charge in [-0.25, -0.2) is 18.2 Å². The standard InChI is InChI=1S/C28H26N2O7S2/c1-34-28(31)21-6-2-5-9-25(21)39(32,33)30-11-13-36-26-19(16-30)14-18(15-23(26)37-20-10-12-35-17-20)27-29-22-7-3-4-8-24(22)38-27/h2-9,14-15,20H,10-13,16-17H2,1H3. The van der Waals surface area contributed by atoms with Gasteiger partial charge in [0.05, 0.1) is 41.0 Å². The van der Waals surface area contributed by atoms with Crippen LogP contribution in [-0.4, -0.2) is 63.3 Å². The van der Waals surface area contributed by atoms with Crippen molar-refractivity contribution in [3.63, 3.8) is 0 Å². The molecule has 0 radical (unpaired) electrons. The summed E-state index contributed by atoms with van der Waals surface area (Å²) in [5.41, 5.74) is 2.33. The van der Waals surface area contributed by atoms with Gasteiger partial charge in [0.25, 0.3) is 0 Å². The number of sulfonamides is 1. The van der Waals surface area contributed by atoms with Crippen LogP contribution >= 0.6 is 11.3 Å². The topological polar surface area (TPSA) is 104 Å². The molecule has 3 heterocycles. The molecule has 0 spiro atoms. The van der Waals surface area contributed by atoms with Crippen molar-refractivity contribution in [1.82, 2.24) is 9.29 Å². The number of hydrogen-bond acceptors (Lipinski definition) is 9. The number of benzene rings is 3. The maximum Gasteiger partial charge on any atom is 0.339 e. The molecule has 3 aromatic carbocycles. The number of carbonyl (C=O) groups excluding carboxylic acids is 1. The van der Waals surface area contributed by atoms with Crippen LogP contribution in [0.4, 0.5) is 0 Å². The van der Waals surface area contributed by atoms with Gasteiger partial charge in [-0.2, -0.15) is 4.31 Å². The van der Waals surface area contributed by atoms with Crippen LogP contribution in [0.1, 0.15) is 22.3 Å². The van der Waals surface area contributed by atoms with E-state index in [-0.39, 0.29) is 36.3 Å². The van der Waals surface area contributed by atoms with Crippen LogP contribution in [0.25, 0.3) is 20.8 Å². The summed E-state index contributed by atoms with van der Waals surface area (Å²) in [5, 5.41) is 0.793. The second kappa shape index (κ2) is 10.6. The number of aromatic nitrogens is 1. The highest BCUT2D eigenvalue weighted by Crippen LogP contribution is 2.42. The number of nitrogens with zero attached hydrogens (tertiary/aromatic N) is 2. The quantitative estimate of drug-likeness (QED) is 0.314. The number of ether oxygens (including phenoxy) is 4. The molecule has 9 nitrogen and oxygen atoms in total. The van der Waals surface area contributed by atoms with Crippen molar-refractivity contribution in [3.8, 4) is 22.1 Å². The third kappa shape index (κ3) is 4.98. The van der Waals surface area contributed by atoms with Gasteiger partial charge >= 0.3 is 5.97 Å². The summed E-state index contributed by atoms with van der Waals surface area (Å²) in [6.45, 7) is 1.34. The molecule has 2 aliphatic rings. The number of thiazole rings is 1. The fourth-order valence-electron chi connectivity index (χ4n) is 4.77. The third-order valence-electron chi connectivity index (χ3n) is 6.70. The SMILES string of the molecule is COC(=O)c1ccccc1S(=O)(=O)N1CCOc2c(cc(-c3nc4ccccc4s3)cc2OC2CCOC2)C1. The van der Waals surface area contributed by atoms with E-state index in [2.05, 4.69) is 0 Å². The van der Waals surface area contributed by atoms with Crippen LogP contribution in [0.3, 0.4) is 0 Å². The normalized spacial score (nSPS) is 17.8. The second-order valence-electron chi connectivity index (χ2n) is 9.23. The predicted octanol–water partition coefficient (Wildman–Crippen LogP) is 4.50. The van der Waals surface area contributed by atoms with E-state index in [1.807, 2.05) is 36.4 Å². The van der Waals surface area contributed by atoms with Gasteiger partial charge in [0.1, 0.15) is 17.7 Å². The number of esters is 1. The van der Waals surface area contributed by atoms with E-state index in [0.29, 0.717) is 30.3 Å². The fraction of sp³-hybridized carbons (Fsp3) is 0.286. The van der Waals surface area contributed by atoms with Crippen LogP contribution < -0.4 is 9.47 Å². The first-order valence-electron chi connectivity index (χ1n) is 12.5.